The highest BCUT2D eigenvalue weighted by Crippen LogP contribution is 2.39. The van der Waals surface area contributed by atoms with Crippen molar-refractivity contribution in [3.63, 3.8) is 0 Å². The average Bonchev–Trinajstić information content (AvgIpc) is 3.04. The predicted octanol–water partition coefficient (Wildman–Crippen LogP) is 10.8. The van der Waals surface area contributed by atoms with Crippen LogP contribution in [0, 0.1) is 0 Å². The van der Waals surface area contributed by atoms with E-state index < -0.39 is 0 Å². The van der Waals surface area contributed by atoms with Crippen LogP contribution in [0.3, 0.4) is 0 Å². The van der Waals surface area contributed by atoms with Crippen LogP contribution in [0.4, 0.5) is 11.4 Å². The van der Waals surface area contributed by atoms with E-state index in [1.165, 1.54) is 60.6 Å². The third-order valence-electron chi connectivity index (χ3n) is 7.82. The van der Waals surface area contributed by atoms with Gasteiger partial charge in [0.2, 0.25) is 0 Å². The Bertz CT molecular complexity index is 1870. The number of benzene rings is 7. The summed E-state index contributed by atoms with van der Waals surface area (Å²) in [5.41, 5.74) is 9.59. The van der Waals surface area contributed by atoms with Gasteiger partial charge in [0.05, 0.1) is 0 Å². The van der Waals surface area contributed by atoms with Gasteiger partial charge in [-0.2, -0.15) is 0 Å². The van der Waals surface area contributed by atoms with Gasteiger partial charge in [0.1, 0.15) is 0 Å². The quantitative estimate of drug-likeness (QED) is 0.222. The molecule has 0 heterocycles. The summed E-state index contributed by atoms with van der Waals surface area (Å²) >= 11 is 0. The minimum Gasteiger partial charge on any atom is -0.344 e. The summed E-state index contributed by atoms with van der Waals surface area (Å²) in [6, 6.07) is 56.9. The molecular weight excluding hydrogens is 482 g/mol. The van der Waals surface area contributed by atoms with Crippen molar-refractivity contribution >= 4 is 32.9 Å². The second-order valence-corrected chi connectivity index (χ2v) is 10.3. The Morgan fingerprint density at radius 2 is 0.850 bits per heavy atom. The molecule has 1 nitrogen and oxygen atoms in total. The van der Waals surface area contributed by atoms with Gasteiger partial charge in [0, 0.05) is 24.0 Å². The van der Waals surface area contributed by atoms with Gasteiger partial charge >= 0.3 is 0 Å². The van der Waals surface area contributed by atoms with Crippen LogP contribution in [0.25, 0.3) is 54.9 Å². The van der Waals surface area contributed by atoms with E-state index in [9.17, 15) is 0 Å². The van der Waals surface area contributed by atoms with Crippen molar-refractivity contribution < 1.29 is 0 Å². The molecule has 7 aromatic rings. The zero-order chi connectivity index (χ0) is 26.9. The molecule has 0 amide bonds. The summed E-state index contributed by atoms with van der Waals surface area (Å²) in [7, 11) is 2.17. The number of para-hydroxylation sites is 1. The summed E-state index contributed by atoms with van der Waals surface area (Å²) in [6.07, 6.45) is 0. The lowest BCUT2D eigenvalue weighted by molar-refractivity contribution is 1.21. The Morgan fingerprint density at radius 1 is 0.350 bits per heavy atom. The minimum absolute atomic E-state index is 1.15. The third kappa shape index (κ3) is 4.52. The molecule has 0 radical (unpaired) electrons. The maximum atomic E-state index is 2.33. The molecule has 0 aliphatic heterocycles. The fraction of sp³-hybridized carbons (Fsp3) is 0.0256. The number of anilines is 2. The van der Waals surface area contributed by atoms with Gasteiger partial charge < -0.3 is 4.90 Å². The van der Waals surface area contributed by atoms with E-state index in [1.807, 2.05) is 0 Å². The van der Waals surface area contributed by atoms with Crippen molar-refractivity contribution in [1.82, 2.24) is 0 Å². The Hall–Kier alpha value is -5.14. The van der Waals surface area contributed by atoms with Gasteiger partial charge in [-0.25, -0.2) is 0 Å². The molecule has 7 rings (SSSR count). The average molecular weight is 512 g/mol. The van der Waals surface area contributed by atoms with Crippen LogP contribution in [0.15, 0.2) is 158 Å². The SMILES string of the molecule is CN(c1cc(-c2ccc3ccccc3c2)cc(-c2ccc3ccccc3c2)c1)c1ccccc1-c1ccccc1. The Kier molecular flexibility index (Phi) is 6.11. The van der Waals surface area contributed by atoms with E-state index >= 15 is 0 Å². The molecule has 190 valence electrons. The molecule has 0 saturated heterocycles. The first-order valence-corrected chi connectivity index (χ1v) is 13.7. The first-order valence-electron chi connectivity index (χ1n) is 13.7. The molecule has 0 atom stereocenters. The second kappa shape index (κ2) is 10.2. The summed E-state index contributed by atoms with van der Waals surface area (Å²) in [6.45, 7) is 0. The van der Waals surface area contributed by atoms with Crippen LogP contribution in [0.5, 0.6) is 0 Å². The van der Waals surface area contributed by atoms with Crippen LogP contribution in [0.1, 0.15) is 0 Å². The second-order valence-electron chi connectivity index (χ2n) is 10.3. The number of nitrogens with zero attached hydrogens (tertiary/aromatic N) is 1. The largest absolute Gasteiger partial charge is 0.344 e. The third-order valence-corrected chi connectivity index (χ3v) is 7.82. The molecule has 0 saturated carbocycles. The summed E-state index contributed by atoms with van der Waals surface area (Å²) < 4.78 is 0. The van der Waals surface area contributed by atoms with Crippen molar-refractivity contribution in [2.45, 2.75) is 0 Å². The maximum Gasteiger partial charge on any atom is 0.0487 e. The summed E-state index contributed by atoms with van der Waals surface area (Å²) in [4.78, 5) is 2.32. The molecule has 0 aliphatic rings. The van der Waals surface area contributed by atoms with Crippen molar-refractivity contribution in [2.75, 3.05) is 11.9 Å². The molecule has 0 fully saturated rings. The van der Waals surface area contributed by atoms with Crippen LogP contribution in [-0.4, -0.2) is 7.05 Å². The first kappa shape index (κ1) is 23.9. The lowest BCUT2D eigenvalue weighted by atomic mass is 9.94. The molecule has 40 heavy (non-hydrogen) atoms. The van der Waals surface area contributed by atoms with Gasteiger partial charge in [0.25, 0.3) is 0 Å². The highest BCUT2D eigenvalue weighted by atomic mass is 15.1. The highest BCUT2D eigenvalue weighted by molar-refractivity contribution is 5.92. The lowest BCUT2D eigenvalue weighted by Gasteiger charge is -2.24. The maximum absolute atomic E-state index is 2.33. The van der Waals surface area contributed by atoms with Crippen molar-refractivity contribution in [3.8, 4) is 33.4 Å². The van der Waals surface area contributed by atoms with E-state index in [0.29, 0.717) is 0 Å². The Balaban J connectivity index is 1.41. The van der Waals surface area contributed by atoms with E-state index in [0.717, 1.165) is 5.69 Å². The number of hydrogen-bond donors (Lipinski definition) is 0. The molecule has 0 bridgehead atoms. The van der Waals surface area contributed by atoms with Crippen molar-refractivity contribution in [3.05, 3.63) is 158 Å². The van der Waals surface area contributed by atoms with Crippen LogP contribution < -0.4 is 4.90 Å². The summed E-state index contributed by atoms with van der Waals surface area (Å²) in [5.74, 6) is 0. The van der Waals surface area contributed by atoms with E-state index in [-0.39, 0.29) is 0 Å². The first-order chi connectivity index (χ1) is 19.7. The normalized spacial score (nSPS) is 11.1. The van der Waals surface area contributed by atoms with Crippen molar-refractivity contribution in [1.29, 1.82) is 0 Å². The number of rotatable bonds is 5. The van der Waals surface area contributed by atoms with E-state index in [2.05, 4.69) is 170 Å². The fourth-order valence-corrected chi connectivity index (χ4v) is 5.64. The predicted molar refractivity (Wildman–Crippen MR) is 172 cm³/mol. The molecule has 0 N–H and O–H groups in total. The molecular formula is C39H29N. The topological polar surface area (TPSA) is 3.24 Å². The zero-order valence-electron chi connectivity index (χ0n) is 22.5. The van der Waals surface area contributed by atoms with Crippen molar-refractivity contribution in [2.24, 2.45) is 0 Å². The number of hydrogen-bond acceptors (Lipinski definition) is 1. The molecule has 0 unspecified atom stereocenters. The van der Waals surface area contributed by atoms with Crippen LogP contribution in [0.2, 0.25) is 0 Å². The summed E-state index contributed by atoms with van der Waals surface area (Å²) in [5, 5.41) is 5.01. The van der Waals surface area contributed by atoms with E-state index in [1.54, 1.807) is 0 Å². The smallest absolute Gasteiger partial charge is 0.0487 e. The molecule has 7 aromatic carbocycles. The monoisotopic (exact) mass is 511 g/mol. The van der Waals surface area contributed by atoms with Crippen LogP contribution >= 0.6 is 0 Å². The zero-order valence-corrected chi connectivity index (χ0v) is 22.5. The number of fused-ring (bicyclic) bond motifs is 2. The molecule has 0 aromatic heterocycles. The lowest BCUT2D eigenvalue weighted by Crippen LogP contribution is -2.11. The minimum atomic E-state index is 1.15. The standard InChI is InChI=1S/C39H29N/c1-40(39-18-10-9-17-38(39)30-13-3-2-4-14-30)37-26-35(33-21-19-28-11-5-7-15-31(28)23-33)25-36(27-37)34-22-20-29-12-6-8-16-32(29)24-34/h2-27H,1H3. The van der Waals surface area contributed by atoms with Gasteiger partial charge in [-0.3, -0.25) is 0 Å². The fourth-order valence-electron chi connectivity index (χ4n) is 5.64. The Morgan fingerprint density at radius 3 is 1.45 bits per heavy atom. The molecule has 0 spiro atoms. The van der Waals surface area contributed by atoms with Gasteiger partial charge in [-0.1, -0.05) is 121 Å². The van der Waals surface area contributed by atoms with Gasteiger partial charge in [0.15, 0.2) is 0 Å². The highest BCUT2D eigenvalue weighted by Gasteiger charge is 2.14. The molecule has 1 heteroatoms. The van der Waals surface area contributed by atoms with Crippen LogP contribution in [-0.2, 0) is 0 Å². The van der Waals surface area contributed by atoms with Gasteiger partial charge in [-0.05, 0) is 85.8 Å². The van der Waals surface area contributed by atoms with E-state index in [4.69, 9.17) is 0 Å². The Labute approximate surface area is 235 Å². The van der Waals surface area contributed by atoms with Gasteiger partial charge in [-0.15, -0.1) is 0 Å². The molecule has 0 aliphatic carbocycles.